The van der Waals surface area contributed by atoms with Gasteiger partial charge in [0.1, 0.15) is 11.0 Å². The molecule has 1 aliphatic rings. The van der Waals surface area contributed by atoms with Gasteiger partial charge in [-0.25, -0.2) is 4.99 Å². The van der Waals surface area contributed by atoms with Crippen LogP contribution in [-0.2, 0) is 9.59 Å². The number of unbranched alkanes of at least 4 members (excludes halogenated alkanes) is 3. The molecule has 0 aliphatic carbocycles. The summed E-state index contributed by atoms with van der Waals surface area (Å²) in [6, 6.07) is 10.1. The maximum atomic E-state index is 13.0. The van der Waals surface area contributed by atoms with Crippen LogP contribution in [-0.4, -0.2) is 45.4 Å². The Hall–Kier alpha value is -2.42. The molecule has 0 radical (unpaired) electrons. The molecule has 2 amide bonds. The minimum absolute atomic E-state index is 0.0507. The third-order valence-electron chi connectivity index (χ3n) is 5.36. The fourth-order valence-corrected chi connectivity index (χ4v) is 5.09. The SMILES string of the molecule is CCCCCCOc1ccc(NC(=O)C2CC(=O)N(CC)C(=Nc3cc(Cl)c(O)c(Cl)c3)S2)cc1. The number of phenols is 1. The zero-order valence-electron chi connectivity index (χ0n) is 19.7. The summed E-state index contributed by atoms with van der Waals surface area (Å²) in [4.78, 5) is 31.7. The number of amides is 2. The zero-order chi connectivity index (χ0) is 25.4. The second-order valence-electron chi connectivity index (χ2n) is 8.02. The highest BCUT2D eigenvalue weighted by Crippen LogP contribution is 2.37. The highest BCUT2D eigenvalue weighted by Gasteiger charge is 2.35. The van der Waals surface area contributed by atoms with Gasteiger partial charge in [-0.3, -0.25) is 14.5 Å². The van der Waals surface area contributed by atoms with Crippen molar-refractivity contribution in [2.75, 3.05) is 18.5 Å². The maximum absolute atomic E-state index is 13.0. The number of anilines is 1. The number of amidine groups is 1. The average molecular weight is 538 g/mol. The van der Waals surface area contributed by atoms with Crippen LogP contribution in [0.2, 0.25) is 10.0 Å². The lowest BCUT2D eigenvalue weighted by molar-refractivity contribution is -0.129. The van der Waals surface area contributed by atoms with Gasteiger partial charge in [0.25, 0.3) is 0 Å². The Morgan fingerprint density at radius 3 is 2.49 bits per heavy atom. The first-order chi connectivity index (χ1) is 16.8. The van der Waals surface area contributed by atoms with Gasteiger partial charge in [0, 0.05) is 18.7 Å². The number of benzene rings is 2. The lowest BCUT2D eigenvalue weighted by Gasteiger charge is -2.31. The smallest absolute Gasteiger partial charge is 0.238 e. The monoisotopic (exact) mass is 537 g/mol. The van der Waals surface area contributed by atoms with Crippen molar-refractivity contribution in [1.82, 2.24) is 4.90 Å². The van der Waals surface area contributed by atoms with E-state index in [9.17, 15) is 14.7 Å². The van der Waals surface area contributed by atoms with E-state index in [0.717, 1.165) is 18.6 Å². The number of thioether (sulfide) groups is 1. The molecule has 2 N–H and O–H groups in total. The number of ether oxygens (including phenoxy) is 1. The second kappa shape index (κ2) is 13.0. The average Bonchev–Trinajstić information content (AvgIpc) is 2.83. The van der Waals surface area contributed by atoms with E-state index in [0.29, 0.717) is 29.7 Å². The van der Waals surface area contributed by atoms with Gasteiger partial charge in [0.15, 0.2) is 10.9 Å². The molecular formula is C25H29Cl2N3O4S. The zero-order valence-corrected chi connectivity index (χ0v) is 22.1. The molecule has 2 aromatic carbocycles. The molecule has 2 aromatic rings. The standard InChI is InChI=1S/C25H29Cl2N3O4S/c1-3-5-6-7-12-34-18-10-8-16(9-11-18)28-24(33)21-15-22(31)30(4-2)25(35-21)29-17-13-19(26)23(32)20(27)14-17/h8-11,13-14,21,32H,3-7,12,15H2,1-2H3,(H,28,33). The molecular weight excluding hydrogens is 509 g/mol. The van der Waals surface area contributed by atoms with Crippen molar-refractivity contribution in [3.8, 4) is 11.5 Å². The van der Waals surface area contributed by atoms with E-state index in [1.807, 2.05) is 19.1 Å². The number of aliphatic imine (C=N–C) groups is 1. The van der Waals surface area contributed by atoms with Crippen molar-refractivity contribution in [1.29, 1.82) is 0 Å². The van der Waals surface area contributed by atoms with E-state index in [1.54, 1.807) is 12.1 Å². The number of halogens is 2. The molecule has 0 aromatic heterocycles. The number of nitrogens with one attached hydrogen (secondary N) is 1. The first-order valence-electron chi connectivity index (χ1n) is 11.6. The minimum atomic E-state index is -0.651. The molecule has 0 bridgehead atoms. The Kier molecular flexibility index (Phi) is 10.1. The van der Waals surface area contributed by atoms with Crippen molar-refractivity contribution in [3.05, 3.63) is 46.4 Å². The Morgan fingerprint density at radius 2 is 1.86 bits per heavy atom. The number of carbonyl (C=O) groups excluding carboxylic acids is 2. The fraction of sp³-hybridized carbons (Fsp3) is 0.400. The molecule has 35 heavy (non-hydrogen) atoms. The summed E-state index contributed by atoms with van der Waals surface area (Å²) in [7, 11) is 0. The van der Waals surface area contributed by atoms with Gasteiger partial charge in [-0.2, -0.15) is 0 Å². The molecule has 0 spiro atoms. The summed E-state index contributed by atoms with van der Waals surface area (Å²) in [5, 5.41) is 12.5. The Balaban J connectivity index is 1.66. The second-order valence-corrected chi connectivity index (χ2v) is 10.0. The largest absolute Gasteiger partial charge is 0.505 e. The van der Waals surface area contributed by atoms with Crippen LogP contribution in [0.4, 0.5) is 11.4 Å². The summed E-state index contributed by atoms with van der Waals surface area (Å²) in [5.41, 5.74) is 0.993. The molecule has 1 atom stereocenters. The summed E-state index contributed by atoms with van der Waals surface area (Å²) in [6.07, 6.45) is 4.60. The van der Waals surface area contributed by atoms with E-state index >= 15 is 0 Å². The maximum Gasteiger partial charge on any atom is 0.238 e. The Bertz CT molecular complexity index is 1060. The van der Waals surface area contributed by atoms with Gasteiger partial charge in [-0.05, 0) is 49.7 Å². The topological polar surface area (TPSA) is 91.2 Å². The van der Waals surface area contributed by atoms with Crippen LogP contribution in [0.15, 0.2) is 41.4 Å². The molecule has 1 heterocycles. The van der Waals surface area contributed by atoms with E-state index in [2.05, 4.69) is 17.2 Å². The Labute approximate surface area is 219 Å². The van der Waals surface area contributed by atoms with Crippen molar-refractivity contribution < 1.29 is 19.4 Å². The van der Waals surface area contributed by atoms with Crippen LogP contribution < -0.4 is 10.1 Å². The van der Waals surface area contributed by atoms with Crippen molar-refractivity contribution >= 4 is 63.3 Å². The normalized spacial score (nSPS) is 17.0. The molecule has 1 unspecified atom stereocenters. The lowest BCUT2D eigenvalue weighted by atomic mass is 10.2. The van der Waals surface area contributed by atoms with Gasteiger partial charge in [0.05, 0.1) is 22.3 Å². The number of carbonyl (C=O) groups is 2. The fourth-order valence-electron chi connectivity index (χ4n) is 3.46. The molecule has 188 valence electrons. The Morgan fingerprint density at radius 1 is 1.17 bits per heavy atom. The molecule has 7 nitrogen and oxygen atoms in total. The highest BCUT2D eigenvalue weighted by atomic mass is 35.5. The molecule has 1 saturated heterocycles. The van der Waals surface area contributed by atoms with Crippen LogP contribution >= 0.6 is 35.0 Å². The molecule has 3 rings (SSSR count). The number of hydrogen-bond donors (Lipinski definition) is 2. The van der Waals surface area contributed by atoms with Gasteiger partial charge >= 0.3 is 0 Å². The quantitative estimate of drug-likeness (QED) is 0.331. The van der Waals surface area contributed by atoms with Crippen LogP contribution in [0.1, 0.15) is 46.0 Å². The third kappa shape index (κ3) is 7.53. The highest BCUT2D eigenvalue weighted by molar-refractivity contribution is 8.15. The first kappa shape index (κ1) is 27.2. The van der Waals surface area contributed by atoms with Crippen LogP contribution in [0, 0.1) is 0 Å². The first-order valence-corrected chi connectivity index (χ1v) is 13.2. The summed E-state index contributed by atoms with van der Waals surface area (Å²) in [6.45, 7) is 5.07. The summed E-state index contributed by atoms with van der Waals surface area (Å²) in [5.74, 6) is 0.0258. The van der Waals surface area contributed by atoms with Crippen LogP contribution in [0.5, 0.6) is 11.5 Å². The number of aromatic hydroxyl groups is 1. The number of rotatable bonds is 10. The molecule has 1 fully saturated rings. The van der Waals surface area contributed by atoms with E-state index < -0.39 is 5.25 Å². The number of nitrogens with zero attached hydrogens (tertiary/aromatic N) is 2. The predicted octanol–water partition coefficient (Wildman–Crippen LogP) is 6.64. The molecule has 1 aliphatic heterocycles. The van der Waals surface area contributed by atoms with Crippen molar-refractivity contribution in [3.63, 3.8) is 0 Å². The van der Waals surface area contributed by atoms with E-state index in [4.69, 9.17) is 27.9 Å². The van der Waals surface area contributed by atoms with Crippen LogP contribution in [0.25, 0.3) is 0 Å². The number of phenolic OH excluding ortho intramolecular Hbond substituents is 1. The lowest BCUT2D eigenvalue weighted by Crippen LogP contribution is -2.45. The number of hydrogen-bond acceptors (Lipinski definition) is 6. The predicted molar refractivity (Wildman–Crippen MR) is 143 cm³/mol. The van der Waals surface area contributed by atoms with E-state index in [1.165, 1.54) is 41.6 Å². The minimum Gasteiger partial charge on any atom is -0.505 e. The molecule has 10 heteroatoms. The molecule has 0 saturated carbocycles. The summed E-state index contributed by atoms with van der Waals surface area (Å²) < 4.78 is 5.74. The van der Waals surface area contributed by atoms with Gasteiger partial charge in [0.2, 0.25) is 11.8 Å². The van der Waals surface area contributed by atoms with Crippen molar-refractivity contribution in [2.24, 2.45) is 4.99 Å². The van der Waals surface area contributed by atoms with Gasteiger partial charge < -0.3 is 15.2 Å². The van der Waals surface area contributed by atoms with E-state index in [-0.39, 0.29) is 34.0 Å². The van der Waals surface area contributed by atoms with Gasteiger partial charge in [-0.15, -0.1) is 0 Å². The summed E-state index contributed by atoms with van der Waals surface area (Å²) >= 11 is 13.2. The van der Waals surface area contributed by atoms with Crippen molar-refractivity contribution in [2.45, 2.75) is 51.2 Å². The third-order valence-corrected chi connectivity index (χ3v) is 7.13. The van der Waals surface area contributed by atoms with Gasteiger partial charge in [-0.1, -0.05) is 61.1 Å². The van der Waals surface area contributed by atoms with Crippen LogP contribution in [0.3, 0.4) is 0 Å².